The number of halogens is 1. The number of carbonyl (C=O) groups is 3. The summed E-state index contributed by atoms with van der Waals surface area (Å²) in [6, 6.07) is 6.80. The first-order valence-electron chi connectivity index (χ1n) is 8.28. The summed E-state index contributed by atoms with van der Waals surface area (Å²) in [6.07, 6.45) is 3.02. The van der Waals surface area contributed by atoms with Gasteiger partial charge >= 0.3 is 6.03 Å². The molecule has 8 heteroatoms. The van der Waals surface area contributed by atoms with Gasteiger partial charge in [0.2, 0.25) is 5.91 Å². The van der Waals surface area contributed by atoms with Crippen LogP contribution < -0.4 is 11.1 Å². The highest BCUT2D eigenvalue weighted by molar-refractivity contribution is 6.02. The maximum atomic E-state index is 12.8. The van der Waals surface area contributed by atoms with Gasteiger partial charge in [0, 0.05) is 24.7 Å². The summed E-state index contributed by atoms with van der Waals surface area (Å²) in [5, 5.41) is 2.49. The Bertz CT molecular complexity index is 651. The van der Waals surface area contributed by atoms with Crippen LogP contribution in [0.3, 0.4) is 0 Å². The molecule has 0 spiro atoms. The third kappa shape index (κ3) is 4.11. The molecule has 1 atom stereocenters. The van der Waals surface area contributed by atoms with Crippen LogP contribution in [0.1, 0.15) is 35.2 Å². The lowest BCUT2D eigenvalue weighted by Gasteiger charge is -2.35. The van der Waals surface area contributed by atoms with Crippen molar-refractivity contribution in [3.05, 3.63) is 35.4 Å². The quantitative estimate of drug-likeness (QED) is 0.780. The maximum Gasteiger partial charge on any atom is 0.324 e. The van der Waals surface area contributed by atoms with E-state index in [1.54, 1.807) is 18.2 Å². The van der Waals surface area contributed by atoms with Gasteiger partial charge in [-0.05, 0) is 37.0 Å². The van der Waals surface area contributed by atoms with Crippen molar-refractivity contribution in [1.29, 1.82) is 0 Å². The summed E-state index contributed by atoms with van der Waals surface area (Å²) in [7, 11) is 0. The van der Waals surface area contributed by atoms with E-state index in [4.69, 9.17) is 5.73 Å². The second-order valence-electron chi connectivity index (χ2n) is 6.22. The van der Waals surface area contributed by atoms with Gasteiger partial charge in [-0.25, -0.2) is 4.79 Å². The Morgan fingerprint density at radius 3 is 2.76 bits per heavy atom. The molecule has 136 valence electrons. The zero-order chi connectivity index (χ0) is 17.1. The Morgan fingerprint density at radius 2 is 2.08 bits per heavy atom. The van der Waals surface area contributed by atoms with Crippen LogP contribution in [-0.4, -0.2) is 53.3 Å². The molecule has 0 radical (unpaired) electrons. The number of nitrogens with one attached hydrogen (secondary N) is 1. The van der Waals surface area contributed by atoms with Crippen molar-refractivity contribution in [2.24, 2.45) is 5.73 Å². The van der Waals surface area contributed by atoms with Crippen molar-refractivity contribution in [2.75, 3.05) is 19.6 Å². The molecule has 0 aliphatic carbocycles. The molecule has 2 aliphatic heterocycles. The third-order valence-corrected chi connectivity index (χ3v) is 4.61. The van der Waals surface area contributed by atoms with E-state index in [0.717, 1.165) is 36.3 Å². The van der Waals surface area contributed by atoms with Crippen molar-refractivity contribution in [3.8, 4) is 0 Å². The fourth-order valence-electron chi connectivity index (χ4n) is 3.28. The normalized spacial score (nSPS) is 20.3. The summed E-state index contributed by atoms with van der Waals surface area (Å²) in [5.74, 6) is -0.292. The number of urea groups is 1. The summed E-state index contributed by atoms with van der Waals surface area (Å²) in [4.78, 5) is 39.1. The molecule has 1 unspecified atom stereocenters. The summed E-state index contributed by atoms with van der Waals surface area (Å²) in [6.45, 7) is 1.39. The van der Waals surface area contributed by atoms with E-state index in [1.807, 2.05) is 11.0 Å². The predicted molar refractivity (Wildman–Crippen MR) is 95.4 cm³/mol. The monoisotopic (exact) mass is 366 g/mol. The van der Waals surface area contributed by atoms with Gasteiger partial charge < -0.3 is 16.0 Å². The molecule has 0 bridgehead atoms. The molecule has 2 fully saturated rings. The molecule has 1 aromatic rings. The van der Waals surface area contributed by atoms with Crippen LogP contribution in [0.25, 0.3) is 0 Å². The number of nitrogens with two attached hydrogens (primary N) is 1. The fourth-order valence-corrected chi connectivity index (χ4v) is 3.28. The number of benzene rings is 1. The average Bonchev–Trinajstić information content (AvgIpc) is 2.93. The van der Waals surface area contributed by atoms with Gasteiger partial charge in [-0.2, -0.15) is 0 Å². The van der Waals surface area contributed by atoms with Crippen molar-refractivity contribution < 1.29 is 14.4 Å². The first-order valence-corrected chi connectivity index (χ1v) is 8.28. The molecule has 0 aromatic heterocycles. The molecule has 25 heavy (non-hydrogen) atoms. The van der Waals surface area contributed by atoms with Gasteiger partial charge in [-0.1, -0.05) is 12.1 Å². The number of nitrogens with zero attached hydrogens (tertiary/aromatic N) is 2. The van der Waals surface area contributed by atoms with Gasteiger partial charge in [0.25, 0.3) is 5.91 Å². The van der Waals surface area contributed by atoms with Gasteiger partial charge in [-0.3, -0.25) is 14.5 Å². The zero-order valence-electron chi connectivity index (χ0n) is 13.9. The fraction of sp³-hybridized carbons (Fsp3) is 0.471. The highest BCUT2D eigenvalue weighted by Crippen LogP contribution is 2.20. The lowest BCUT2D eigenvalue weighted by Crippen LogP contribution is -2.47. The molecule has 4 amide bonds. The maximum absolute atomic E-state index is 12.8. The second kappa shape index (κ2) is 8.31. The van der Waals surface area contributed by atoms with Crippen molar-refractivity contribution >= 4 is 30.3 Å². The van der Waals surface area contributed by atoms with Crippen LogP contribution in [0.15, 0.2) is 24.3 Å². The first-order chi connectivity index (χ1) is 11.6. The summed E-state index contributed by atoms with van der Waals surface area (Å²) < 4.78 is 0. The number of hydrogen-bond donors (Lipinski definition) is 2. The largest absolute Gasteiger partial charge is 0.334 e. The number of imide groups is 1. The molecular formula is C17H23ClN4O3. The Balaban J connectivity index is 0.00000225. The van der Waals surface area contributed by atoms with E-state index in [1.165, 1.54) is 0 Å². The SMILES string of the molecule is Cl.NCC1CCCCN1C(=O)c1cccc(CN2C(=O)CNC2=O)c1. The number of likely N-dealkylation sites (tertiary alicyclic amines) is 1. The molecule has 2 aliphatic rings. The highest BCUT2D eigenvalue weighted by atomic mass is 35.5. The Kier molecular flexibility index (Phi) is 6.39. The van der Waals surface area contributed by atoms with Crippen LogP contribution in [0.5, 0.6) is 0 Å². The van der Waals surface area contributed by atoms with E-state index in [0.29, 0.717) is 12.1 Å². The minimum Gasteiger partial charge on any atom is -0.334 e. The Labute approximate surface area is 152 Å². The molecule has 0 saturated carbocycles. The lowest BCUT2D eigenvalue weighted by molar-refractivity contribution is -0.125. The van der Waals surface area contributed by atoms with Gasteiger partial charge in [-0.15, -0.1) is 12.4 Å². The predicted octanol–water partition coefficient (Wildman–Crippen LogP) is 1.11. The van der Waals surface area contributed by atoms with Crippen LogP contribution in [0.2, 0.25) is 0 Å². The summed E-state index contributed by atoms with van der Waals surface area (Å²) in [5.41, 5.74) is 7.12. The Morgan fingerprint density at radius 1 is 1.28 bits per heavy atom. The number of rotatable bonds is 4. The highest BCUT2D eigenvalue weighted by Gasteiger charge is 2.29. The number of amides is 4. The minimum atomic E-state index is -0.393. The van der Waals surface area contributed by atoms with E-state index in [2.05, 4.69) is 5.32 Å². The smallest absolute Gasteiger partial charge is 0.324 e. The van der Waals surface area contributed by atoms with E-state index in [9.17, 15) is 14.4 Å². The van der Waals surface area contributed by atoms with Crippen LogP contribution in [0, 0.1) is 0 Å². The number of piperidine rings is 1. The van der Waals surface area contributed by atoms with Gasteiger partial charge in [0.1, 0.15) is 0 Å². The van der Waals surface area contributed by atoms with Crippen LogP contribution in [0.4, 0.5) is 4.79 Å². The summed E-state index contributed by atoms with van der Waals surface area (Å²) >= 11 is 0. The first kappa shape index (κ1) is 19.2. The standard InChI is InChI=1S/C17H22N4O3.ClH/c18-9-14-6-1-2-7-20(14)16(23)13-5-3-4-12(8-13)11-21-15(22)10-19-17(21)24;/h3-5,8,14H,1-2,6-7,9-11,18H2,(H,19,24);1H. The van der Waals surface area contributed by atoms with Crippen LogP contribution >= 0.6 is 12.4 Å². The second-order valence-corrected chi connectivity index (χ2v) is 6.22. The molecule has 3 N–H and O–H groups in total. The molecule has 3 rings (SSSR count). The number of hydrogen-bond acceptors (Lipinski definition) is 4. The van der Waals surface area contributed by atoms with Crippen molar-refractivity contribution in [1.82, 2.24) is 15.1 Å². The topological polar surface area (TPSA) is 95.7 Å². The van der Waals surface area contributed by atoms with Crippen molar-refractivity contribution in [2.45, 2.75) is 31.8 Å². The number of carbonyl (C=O) groups excluding carboxylic acids is 3. The van der Waals surface area contributed by atoms with Gasteiger partial charge in [0.05, 0.1) is 13.1 Å². The van der Waals surface area contributed by atoms with Gasteiger partial charge in [0.15, 0.2) is 0 Å². The molecule has 7 nitrogen and oxygen atoms in total. The minimum absolute atomic E-state index is 0. The van der Waals surface area contributed by atoms with Crippen LogP contribution in [-0.2, 0) is 11.3 Å². The molecule has 1 aromatic carbocycles. The van der Waals surface area contributed by atoms with E-state index in [-0.39, 0.29) is 43.4 Å². The third-order valence-electron chi connectivity index (χ3n) is 4.61. The molecule has 2 heterocycles. The zero-order valence-corrected chi connectivity index (χ0v) is 14.8. The molecular weight excluding hydrogens is 344 g/mol. The van der Waals surface area contributed by atoms with E-state index < -0.39 is 6.03 Å². The molecule has 2 saturated heterocycles. The van der Waals surface area contributed by atoms with E-state index >= 15 is 0 Å². The lowest BCUT2D eigenvalue weighted by atomic mass is 10.0. The van der Waals surface area contributed by atoms with Crippen molar-refractivity contribution in [3.63, 3.8) is 0 Å². The average molecular weight is 367 g/mol. The Hall–Kier alpha value is -2.12.